The molecule has 0 atom stereocenters. The van der Waals surface area contributed by atoms with Gasteiger partial charge in [0.15, 0.2) is 0 Å². The van der Waals surface area contributed by atoms with E-state index in [2.05, 4.69) is 0 Å². The van der Waals surface area contributed by atoms with E-state index in [9.17, 15) is 18.3 Å². The van der Waals surface area contributed by atoms with E-state index in [4.69, 9.17) is 23.2 Å². The van der Waals surface area contributed by atoms with Gasteiger partial charge in [-0.3, -0.25) is 4.79 Å². The lowest BCUT2D eigenvalue weighted by atomic mass is 10.2. The number of nitrogens with zero attached hydrogens (tertiary/aromatic N) is 2. The molecule has 0 aliphatic carbocycles. The quantitative estimate of drug-likeness (QED) is 0.837. The van der Waals surface area contributed by atoms with Crippen molar-refractivity contribution in [3.8, 4) is 5.75 Å². The fourth-order valence-electron chi connectivity index (χ4n) is 2.71. The molecule has 1 N–H and O–H groups in total. The summed E-state index contributed by atoms with van der Waals surface area (Å²) in [5.41, 5.74) is 0.349. The number of sulfonamides is 1. The first-order valence-corrected chi connectivity index (χ1v) is 10.0. The van der Waals surface area contributed by atoms with Crippen molar-refractivity contribution in [2.24, 2.45) is 0 Å². The van der Waals surface area contributed by atoms with Gasteiger partial charge in [0.2, 0.25) is 10.0 Å². The Labute approximate surface area is 161 Å². The van der Waals surface area contributed by atoms with Crippen molar-refractivity contribution in [1.29, 1.82) is 0 Å². The molecule has 9 heteroatoms. The highest BCUT2D eigenvalue weighted by Crippen LogP contribution is 2.25. The number of aromatic hydroxyl groups is 1. The summed E-state index contributed by atoms with van der Waals surface area (Å²) in [4.78, 5) is 14.3. The molecule has 138 valence electrons. The maximum absolute atomic E-state index is 12.7. The summed E-state index contributed by atoms with van der Waals surface area (Å²) >= 11 is 11.6. The number of benzene rings is 2. The average Bonchev–Trinajstić information content (AvgIpc) is 2.64. The van der Waals surface area contributed by atoms with Crippen molar-refractivity contribution in [2.75, 3.05) is 26.2 Å². The van der Waals surface area contributed by atoms with Gasteiger partial charge in [0.1, 0.15) is 5.75 Å². The number of piperazine rings is 1. The minimum atomic E-state index is -3.62. The lowest BCUT2D eigenvalue weighted by Crippen LogP contribution is -2.50. The van der Waals surface area contributed by atoms with Crippen LogP contribution in [0.3, 0.4) is 0 Å². The zero-order valence-corrected chi connectivity index (χ0v) is 15.9. The number of hydrogen-bond acceptors (Lipinski definition) is 4. The highest BCUT2D eigenvalue weighted by atomic mass is 35.5. The van der Waals surface area contributed by atoms with E-state index in [-0.39, 0.29) is 47.8 Å². The molecule has 0 spiro atoms. The molecule has 0 unspecified atom stereocenters. The summed E-state index contributed by atoms with van der Waals surface area (Å²) in [5.74, 6) is -0.350. The predicted octanol–water partition coefficient (Wildman–Crippen LogP) is 2.85. The van der Waals surface area contributed by atoms with Gasteiger partial charge in [-0.2, -0.15) is 4.31 Å². The summed E-state index contributed by atoms with van der Waals surface area (Å²) in [5, 5.41) is 10.0. The van der Waals surface area contributed by atoms with Crippen LogP contribution in [0.25, 0.3) is 0 Å². The van der Waals surface area contributed by atoms with Gasteiger partial charge >= 0.3 is 0 Å². The molecule has 1 amide bonds. The number of phenolic OH excluding ortho intramolecular Hbond substituents is 1. The molecule has 3 rings (SSSR count). The Hall–Kier alpha value is -1.80. The monoisotopic (exact) mass is 414 g/mol. The zero-order chi connectivity index (χ0) is 18.9. The van der Waals surface area contributed by atoms with Gasteiger partial charge in [-0.25, -0.2) is 8.42 Å². The molecule has 0 radical (unpaired) electrons. The molecule has 2 aromatic carbocycles. The van der Waals surface area contributed by atoms with Crippen molar-refractivity contribution in [2.45, 2.75) is 4.90 Å². The Morgan fingerprint density at radius 2 is 1.58 bits per heavy atom. The van der Waals surface area contributed by atoms with Crippen LogP contribution < -0.4 is 0 Å². The molecule has 1 fully saturated rings. The third-order valence-corrected chi connectivity index (χ3v) is 6.64. The van der Waals surface area contributed by atoms with Crippen LogP contribution in [0, 0.1) is 0 Å². The largest absolute Gasteiger partial charge is 0.506 e. The van der Waals surface area contributed by atoms with Crippen LogP contribution in [0.15, 0.2) is 47.4 Å². The minimum absolute atomic E-state index is 0.0953. The van der Waals surface area contributed by atoms with Crippen molar-refractivity contribution < 1.29 is 18.3 Å². The van der Waals surface area contributed by atoms with Gasteiger partial charge in [0.25, 0.3) is 5.91 Å². The molecular weight excluding hydrogens is 399 g/mol. The SMILES string of the molecule is O=C(c1ccc(O)c(Cl)c1)N1CCN(S(=O)(=O)c2ccc(Cl)cc2)CC1. The molecule has 2 aromatic rings. The topological polar surface area (TPSA) is 77.9 Å². The van der Waals surface area contributed by atoms with E-state index in [0.29, 0.717) is 10.6 Å². The van der Waals surface area contributed by atoms with E-state index < -0.39 is 10.0 Å². The second-order valence-corrected chi connectivity index (χ2v) is 8.60. The lowest BCUT2D eigenvalue weighted by molar-refractivity contribution is 0.0698. The highest BCUT2D eigenvalue weighted by molar-refractivity contribution is 7.89. The van der Waals surface area contributed by atoms with Gasteiger partial charge in [-0.05, 0) is 42.5 Å². The number of phenols is 1. The second kappa shape index (κ2) is 7.44. The van der Waals surface area contributed by atoms with Gasteiger partial charge in [0, 0.05) is 36.8 Å². The molecule has 0 bridgehead atoms. The number of carbonyl (C=O) groups excluding carboxylic acids is 1. The fourth-order valence-corrected chi connectivity index (χ4v) is 4.44. The first kappa shape index (κ1) is 19.0. The average molecular weight is 415 g/mol. The van der Waals surface area contributed by atoms with Crippen molar-refractivity contribution in [1.82, 2.24) is 9.21 Å². The Kier molecular flexibility index (Phi) is 5.43. The number of rotatable bonds is 3. The lowest BCUT2D eigenvalue weighted by Gasteiger charge is -2.34. The molecular formula is C17H16Cl2N2O4S. The van der Waals surface area contributed by atoms with Gasteiger partial charge in [0.05, 0.1) is 9.92 Å². The third-order valence-electron chi connectivity index (χ3n) is 4.17. The number of hydrogen-bond donors (Lipinski definition) is 1. The molecule has 1 aliphatic heterocycles. The van der Waals surface area contributed by atoms with E-state index in [1.54, 1.807) is 4.90 Å². The van der Waals surface area contributed by atoms with E-state index in [1.165, 1.54) is 46.8 Å². The van der Waals surface area contributed by atoms with Crippen LogP contribution in [-0.4, -0.2) is 54.8 Å². The maximum Gasteiger partial charge on any atom is 0.253 e. The van der Waals surface area contributed by atoms with Gasteiger partial charge in [-0.1, -0.05) is 23.2 Å². The Morgan fingerprint density at radius 3 is 2.15 bits per heavy atom. The normalized spacial score (nSPS) is 15.8. The summed E-state index contributed by atoms with van der Waals surface area (Å²) in [6.45, 7) is 0.930. The van der Waals surface area contributed by atoms with Crippen LogP contribution in [0.5, 0.6) is 5.75 Å². The summed E-state index contributed by atoms with van der Waals surface area (Å²) < 4.78 is 26.7. The maximum atomic E-state index is 12.7. The van der Waals surface area contributed by atoms with E-state index >= 15 is 0 Å². The van der Waals surface area contributed by atoms with Gasteiger partial charge < -0.3 is 10.0 Å². The first-order valence-electron chi connectivity index (χ1n) is 7.82. The Morgan fingerprint density at radius 1 is 0.962 bits per heavy atom. The smallest absolute Gasteiger partial charge is 0.253 e. The van der Waals surface area contributed by atoms with E-state index in [1.807, 2.05) is 0 Å². The fraction of sp³-hybridized carbons (Fsp3) is 0.235. The first-order chi connectivity index (χ1) is 12.3. The summed E-state index contributed by atoms with van der Waals surface area (Å²) in [6.07, 6.45) is 0. The standard InChI is InChI=1S/C17H16Cl2N2O4S/c18-13-2-4-14(5-3-13)26(24,25)21-9-7-20(8-10-21)17(23)12-1-6-16(22)15(19)11-12/h1-6,11,22H,7-10H2. The van der Waals surface area contributed by atoms with Crippen LogP contribution in [0.4, 0.5) is 0 Å². The van der Waals surface area contributed by atoms with Crippen molar-refractivity contribution in [3.05, 3.63) is 58.1 Å². The summed E-state index contributed by atoms with van der Waals surface area (Å²) in [7, 11) is -3.62. The minimum Gasteiger partial charge on any atom is -0.506 e. The predicted molar refractivity (Wildman–Crippen MR) is 99.2 cm³/mol. The highest BCUT2D eigenvalue weighted by Gasteiger charge is 2.30. The molecule has 1 aliphatic rings. The molecule has 0 saturated carbocycles. The van der Waals surface area contributed by atoms with Crippen molar-refractivity contribution in [3.63, 3.8) is 0 Å². The Balaban J connectivity index is 1.69. The summed E-state index contributed by atoms with van der Waals surface area (Å²) in [6, 6.07) is 10.2. The van der Waals surface area contributed by atoms with Crippen molar-refractivity contribution >= 4 is 39.1 Å². The van der Waals surface area contributed by atoms with Crippen LogP contribution in [0.1, 0.15) is 10.4 Å². The van der Waals surface area contributed by atoms with Crippen LogP contribution in [0.2, 0.25) is 10.0 Å². The number of halogens is 2. The van der Waals surface area contributed by atoms with Gasteiger partial charge in [-0.15, -0.1) is 0 Å². The number of amides is 1. The number of carbonyl (C=O) groups is 1. The molecule has 1 saturated heterocycles. The third kappa shape index (κ3) is 3.81. The van der Waals surface area contributed by atoms with Crippen LogP contribution in [-0.2, 0) is 10.0 Å². The zero-order valence-electron chi connectivity index (χ0n) is 13.6. The molecule has 6 nitrogen and oxygen atoms in total. The molecule has 0 aromatic heterocycles. The van der Waals surface area contributed by atoms with E-state index in [0.717, 1.165) is 0 Å². The second-order valence-electron chi connectivity index (χ2n) is 5.82. The molecule has 26 heavy (non-hydrogen) atoms. The van der Waals surface area contributed by atoms with Crippen LogP contribution >= 0.6 is 23.2 Å². The molecule has 1 heterocycles. The Bertz CT molecular complexity index is 924.